The number of methoxy groups -OCH3 is 1. The lowest BCUT2D eigenvalue weighted by molar-refractivity contribution is 0.246. The molecule has 1 saturated heterocycles. The fourth-order valence-electron chi connectivity index (χ4n) is 3.54. The van der Waals surface area contributed by atoms with Gasteiger partial charge in [0.15, 0.2) is 0 Å². The summed E-state index contributed by atoms with van der Waals surface area (Å²) in [6.07, 6.45) is 8.92. The molecule has 196 valence electrons. The van der Waals surface area contributed by atoms with E-state index in [1.807, 2.05) is 47.0 Å². The van der Waals surface area contributed by atoms with E-state index in [4.69, 9.17) is 0 Å². The largest absolute Gasteiger partial charge is 0.388 e. The van der Waals surface area contributed by atoms with Gasteiger partial charge in [0, 0.05) is 51.3 Å². The zero-order chi connectivity index (χ0) is 26.6. The third kappa shape index (κ3) is 14.5. The summed E-state index contributed by atoms with van der Waals surface area (Å²) in [7, 11) is 3.25. The average molecular weight is 474 g/mol. The fraction of sp³-hybridized carbons (Fsp3) is 0.667. The van der Waals surface area contributed by atoms with E-state index in [0.717, 1.165) is 25.3 Å². The van der Waals surface area contributed by atoms with Gasteiger partial charge in [0.1, 0.15) is 5.82 Å². The van der Waals surface area contributed by atoms with Gasteiger partial charge in [0.2, 0.25) is 0 Å². The van der Waals surface area contributed by atoms with Crippen molar-refractivity contribution in [2.24, 2.45) is 5.41 Å². The number of hydrogen-bond donors (Lipinski definition) is 0. The van der Waals surface area contributed by atoms with E-state index in [9.17, 15) is 0 Å². The molecular weight excluding hydrogens is 418 g/mol. The second-order valence-electron chi connectivity index (χ2n) is 9.06. The summed E-state index contributed by atoms with van der Waals surface area (Å²) in [5.41, 5.74) is 4.35. The first-order valence-corrected chi connectivity index (χ1v) is 13.2. The van der Waals surface area contributed by atoms with Crippen molar-refractivity contribution in [2.45, 2.75) is 101 Å². The van der Waals surface area contributed by atoms with Crippen LogP contribution in [0.15, 0.2) is 36.7 Å². The number of ether oxygens (including phenoxy) is 1. The van der Waals surface area contributed by atoms with Gasteiger partial charge < -0.3 is 4.74 Å². The zero-order valence-corrected chi connectivity index (χ0v) is 24.5. The Balaban J connectivity index is 0. The second kappa shape index (κ2) is 20.6. The Morgan fingerprint density at radius 3 is 1.82 bits per heavy atom. The number of aromatic nitrogens is 2. The molecule has 1 aliphatic heterocycles. The second-order valence-corrected chi connectivity index (χ2v) is 9.06. The highest BCUT2D eigenvalue weighted by atomic mass is 16.4. The predicted octanol–water partition coefficient (Wildman–Crippen LogP) is 8.23. The molecule has 0 spiro atoms. The van der Waals surface area contributed by atoms with Gasteiger partial charge in [-0.3, -0.25) is 4.90 Å². The molecule has 2 aromatic rings. The molecule has 1 aromatic carbocycles. The first kappa shape index (κ1) is 34.4. The van der Waals surface area contributed by atoms with Crippen LogP contribution in [0.1, 0.15) is 103 Å². The fourth-order valence-corrected chi connectivity index (χ4v) is 3.54. The molecule has 3 rings (SSSR count). The van der Waals surface area contributed by atoms with Crippen molar-refractivity contribution in [1.82, 2.24) is 14.9 Å². The van der Waals surface area contributed by atoms with Gasteiger partial charge in [-0.05, 0) is 37.7 Å². The van der Waals surface area contributed by atoms with Gasteiger partial charge >= 0.3 is 0 Å². The molecule has 0 N–H and O–H groups in total. The summed E-state index contributed by atoms with van der Waals surface area (Å²) >= 11 is 0. The summed E-state index contributed by atoms with van der Waals surface area (Å²) in [6, 6.07) is 9.35. The number of benzene rings is 1. The Morgan fingerprint density at radius 1 is 0.912 bits per heavy atom. The predicted molar refractivity (Wildman–Crippen MR) is 151 cm³/mol. The van der Waals surface area contributed by atoms with E-state index >= 15 is 0 Å². The van der Waals surface area contributed by atoms with E-state index in [1.54, 1.807) is 14.2 Å². The first-order valence-electron chi connectivity index (χ1n) is 13.2. The SMILES string of the molecule is CC.CC.CCCC.COC.Cc1ccc(CCN2CC(C)(C)CC2c2cnc(C)nc2)cc1. The van der Waals surface area contributed by atoms with Crippen LogP contribution in [0.5, 0.6) is 0 Å². The maximum Gasteiger partial charge on any atom is 0.125 e. The van der Waals surface area contributed by atoms with Crippen molar-refractivity contribution >= 4 is 0 Å². The maximum absolute atomic E-state index is 4.40. The third-order valence-electron chi connectivity index (χ3n) is 5.31. The van der Waals surface area contributed by atoms with Gasteiger partial charge in [-0.15, -0.1) is 0 Å². The topological polar surface area (TPSA) is 38.2 Å². The van der Waals surface area contributed by atoms with Gasteiger partial charge in [0.25, 0.3) is 0 Å². The molecule has 4 nitrogen and oxygen atoms in total. The lowest BCUT2D eigenvalue weighted by Crippen LogP contribution is -2.28. The van der Waals surface area contributed by atoms with Crippen molar-refractivity contribution in [3.05, 3.63) is 59.2 Å². The smallest absolute Gasteiger partial charge is 0.125 e. The molecule has 0 saturated carbocycles. The van der Waals surface area contributed by atoms with Crippen LogP contribution in [0.3, 0.4) is 0 Å². The highest BCUT2D eigenvalue weighted by Gasteiger charge is 2.38. The van der Waals surface area contributed by atoms with E-state index in [2.05, 4.69) is 78.5 Å². The van der Waals surface area contributed by atoms with E-state index in [0.29, 0.717) is 11.5 Å². The van der Waals surface area contributed by atoms with Crippen LogP contribution in [0.2, 0.25) is 0 Å². The Morgan fingerprint density at radius 2 is 1.38 bits per heavy atom. The van der Waals surface area contributed by atoms with Gasteiger partial charge in [0.05, 0.1) is 0 Å². The molecule has 1 unspecified atom stereocenters. The quantitative estimate of drug-likeness (QED) is 0.438. The van der Waals surface area contributed by atoms with Crippen LogP contribution in [-0.4, -0.2) is 42.2 Å². The summed E-state index contributed by atoms with van der Waals surface area (Å²) in [4.78, 5) is 11.4. The highest BCUT2D eigenvalue weighted by molar-refractivity contribution is 5.22. The van der Waals surface area contributed by atoms with Gasteiger partial charge in [-0.1, -0.05) is 98.1 Å². The van der Waals surface area contributed by atoms with Crippen molar-refractivity contribution < 1.29 is 4.74 Å². The van der Waals surface area contributed by atoms with Crippen LogP contribution in [0, 0.1) is 19.3 Å². The van der Waals surface area contributed by atoms with Crippen molar-refractivity contribution in [2.75, 3.05) is 27.3 Å². The van der Waals surface area contributed by atoms with E-state index in [1.165, 1.54) is 36.0 Å². The monoisotopic (exact) mass is 473 g/mol. The van der Waals surface area contributed by atoms with Crippen molar-refractivity contribution in [3.63, 3.8) is 0 Å². The normalized spacial score (nSPS) is 15.8. The number of nitrogens with zero attached hydrogens (tertiary/aromatic N) is 3. The van der Waals surface area contributed by atoms with Gasteiger partial charge in [-0.25, -0.2) is 9.97 Å². The molecule has 4 heteroatoms. The summed E-state index contributed by atoms with van der Waals surface area (Å²) < 4.78 is 4.25. The zero-order valence-electron chi connectivity index (χ0n) is 24.5. The Hall–Kier alpha value is -1.78. The summed E-state index contributed by atoms with van der Waals surface area (Å²) in [6.45, 7) is 23.4. The number of unbranched alkanes of at least 4 members (excludes halogenated alkanes) is 1. The molecule has 0 bridgehead atoms. The molecule has 0 radical (unpaired) electrons. The van der Waals surface area contributed by atoms with E-state index < -0.39 is 0 Å². The number of rotatable bonds is 5. The lowest BCUT2D eigenvalue weighted by Gasteiger charge is -2.24. The minimum absolute atomic E-state index is 0.350. The molecule has 0 amide bonds. The molecule has 2 heterocycles. The van der Waals surface area contributed by atoms with Crippen molar-refractivity contribution in [3.8, 4) is 0 Å². The van der Waals surface area contributed by atoms with Crippen LogP contribution in [-0.2, 0) is 11.2 Å². The first-order chi connectivity index (χ1) is 16.3. The number of hydrogen-bond acceptors (Lipinski definition) is 4. The Kier molecular flexibility index (Phi) is 20.8. The number of aryl methyl sites for hydroxylation is 2. The Labute approximate surface area is 212 Å². The molecule has 34 heavy (non-hydrogen) atoms. The highest BCUT2D eigenvalue weighted by Crippen LogP contribution is 2.42. The van der Waals surface area contributed by atoms with Gasteiger partial charge in [-0.2, -0.15) is 0 Å². The molecule has 1 atom stereocenters. The molecular formula is C30H55N3O. The molecule has 1 aromatic heterocycles. The summed E-state index contributed by atoms with van der Waals surface area (Å²) in [5.74, 6) is 0.845. The molecule has 0 aliphatic carbocycles. The van der Waals surface area contributed by atoms with Crippen LogP contribution in [0.4, 0.5) is 0 Å². The van der Waals surface area contributed by atoms with Crippen molar-refractivity contribution in [1.29, 1.82) is 0 Å². The Bertz CT molecular complexity index is 694. The lowest BCUT2D eigenvalue weighted by atomic mass is 9.89. The average Bonchev–Trinajstić information content (AvgIpc) is 3.17. The molecule has 1 aliphatic rings. The maximum atomic E-state index is 4.40. The van der Waals surface area contributed by atoms with E-state index in [-0.39, 0.29) is 0 Å². The standard InChI is InChI=1S/C20H27N3.C4H10.C2H6O.2C2H6/c1-15-5-7-17(8-6-15)9-10-23-14-20(3,4)11-19(23)18-12-21-16(2)22-13-18;1-3-4-2;1-3-2;2*1-2/h5-8,12-13,19H,9-11,14H2,1-4H3;3-4H2,1-2H3;1-2H3;2*1-2H3. The summed E-state index contributed by atoms with van der Waals surface area (Å²) in [5, 5.41) is 0. The third-order valence-corrected chi connectivity index (χ3v) is 5.31. The minimum Gasteiger partial charge on any atom is -0.388 e. The number of likely N-dealkylation sites (tertiary alicyclic amines) is 1. The minimum atomic E-state index is 0.350. The van der Waals surface area contributed by atoms with Crippen LogP contribution in [0.25, 0.3) is 0 Å². The van der Waals surface area contributed by atoms with Crippen LogP contribution >= 0.6 is 0 Å². The van der Waals surface area contributed by atoms with Crippen LogP contribution < -0.4 is 0 Å². The molecule has 1 fully saturated rings.